The zero-order chi connectivity index (χ0) is 22.2. The van der Waals surface area contributed by atoms with Crippen LogP contribution in [0, 0.1) is 6.92 Å². The summed E-state index contributed by atoms with van der Waals surface area (Å²) in [6.07, 6.45) is 2.18. The zero-order valence-electron chi connectivity index (χ0n) is 17.9. The lowest BCUT2D eigenvalue weighted by Crippen LogP contribution is -2.17. The normalized spacial score (nSPS) is 13.2. The number of nitrogens with zero attached hydrogens (tertiary/aromatic N) is 3. The van der Waals surface area contributed by atoms with Crippen LogP contribution in [0.25, 0.3) is 11.0 Å². The average Bonchev–Trinajstić information content (AvgIpc) is 3.61. The third kappa shape index (κ3) is 3.73. The van der Waals surface area contributed by atoms with E-state index in [4.69, 9.17) is 4.98 Å². The Kier molecular flexibility index (Phi) is 4.93. The summed E-state index contributed by atoms with van der Waals surface area (Å²) in [6, 6.07) is 18.0. The molecule has 2 aromatic carbocycles. The number of amides is 2. The van der Waals surface area contributed by atoms with Crippen molar-refractivity contribution >= 4 is 34.2 Å². The highest BCUT2D eigenvalue weighted by molar-refractivity contribution is 6.14. The van der Waals surface area contributed by atoms with E-state index in [1.54, 1.807) is 28.9 Å². The van der Waals surface area contributed by atoms with Crippen LogP contribution < -0.4 is 10.6 Å². The number of anilines is 2. The minimum atomic E-state index is -0.253. The van der Waals surface area contributed by atoms with Gasteiger partial charge >= 0.3 is 0 Å². The molecule has 1 aliphatic rings. The second-order valence-electron chi connectivity index (χ2n) is 8.10. The van der Waals surface area contributed by atoms with Gasteiger partial charge in [-0.15, -0.1) is 0 Å². The molecule has 32 heavy (non-hydrogen) atoms. The molecule has 160 valence electrons. The number of pyridine rings is 1. The van der Waals surface area contributed by atoms with Crippen molar-refractivity contribution in [2.45, 2.75) is 25.7 Å². The number of carbonyl (C=O) groups is 2. The smallest absolute Gasteiger partial charge is 0.256 e. The molecule has 2 aromatic heterocycles. The van der Waals surface area contributed by atoms with E-state index < -0.39 is 0 Å². The lowest BCUT2D eigenvalue weighted by molar-refractivity contribution is 0.101. The fraction of sp³-hybridized carbons (Fsp3) is 0.200. The van der Waals surface area contributed by atoms with Crippen molar-refractivity contribution in [1.82, 2.24) is 14.8 Å². The van der Waals surface area contributed by atoms with Gasteiger partial charge in [0, 0.05) is 24.2 Å². The van der Waals surface area contributed by atoms with E-state index in [0.29, 0.717) is 34.1 Å². The molecule has 1 fully saturated rings. The van der Waals surface area contributed by atoms with Crippen molar-refractivity contribution in [3.05, 3.63) is 83.2 Å². The molecule has 0 saturated heterocycles. The summed E-state index contributed by atoms with van der Waals surface area (Å²) in [6.45, 7) is 1.88. The van der Waals surface area contributed by atoms with Gasteiger partial charge in [-0.2, -0.15) is 5.10 Å². The summed E-state index contributed by atoms with van der Waals surface area (Å²) in [5.74, 6) is -0.0897. The van der Waals surface area contributed by atoms with Crippen molar-refractivity contribution in [2.24, 2.45) is 7.05 Å². The first kappa shape index (κ1) is 19.9. The summed E-state index contributed by atoms with van der Waals surface area (Å²) in [5.41, 5.74) is 4.55. The van der Waals surface area contributed by atoms with Crippen LogP contribution in [0.3, 0.4) is 0 Å². The predicted octanol–water partition coefficient (Wildman–Crippen LogP) is 4.66. The van der Waals surface area contributed by atoms with E-state index in [1.807, 2.05) is 50.4 Å². The van der Waals surface area contributed by atoms with E-state index in [9.17, 15) is 9.59 Å². The molecular weight excluding hydrogens is 402 g/mol. The van der Waals surface area contributed by atoms with E-state index in [1.165, 1.54) is 0 Å². The average molecular weight is 425 g/mol. The van der Waals surface area contributed by atoms with E-state index in [-0.39, 0.29) is 11.8 Å². The molecule has 7 heteroatoms. The van der Waals surface area contributed by atoms with Crippen LogP contribution >= 0.6 is 0 Å². The van der Waals surface area contributed by atoms with Crippen LogP contribution in [0.4, 0.5) is 11.4 Å². The van der Waals surface area contributed by atoms with Gasteiger partial charge in [0.2, 0.25) is 0 Å². The molecule has 1 saturated carbocycles. The Labute approximate surface area is 185 Å². The van der Waals surface area contributed by atoms with Gasteiger partial charge in [-0.25, -0.2) is 4.98 Å². The van der Waals surface area contributed by atoms with E-state index in [2.05, 4.69) is 15.7 Å². The van der Waals surface area contributed by atoms with Crippen LogP contribution in [0.1, 0.15) is 50.9 Å². The van der Waals surface area contributed by atoms with Crippen LogP contribution in [0.2, 0.25) is 0 Å². The van der Waals surface area contributed by atoms with Crippen molar-refractivity contribution in [1.29, 1.82) is 0 Å². The lowest BCUT2D eigenvalue weighted by atomic mass is 10.1. The third-order valence-electron chi connectivity index (χ3n) is 5.69. The second-order valence-corrected chi connectivity index (χ2v) is 8.10. The number of hydrogen-bond donors (Lipinski definition) is 2. The Morgan fingerprint density at radius 1 is 0.938 bits per heavy atom. The largest absolute Gasteiger partial charge is 0.320 e. The number of hydrogen-bond acceptors (Lipinski definition) is 4. The molecule has 0 radical (unpaired) electrons. The summed E-state index contributed by atoms with van der Waals surface area (Å²) in [5, 5.41) is 11.1. The number of aromatic nitrogens is 3. The topological polar surface area (TPSA) is 88.9 Å². The van der Waals surface area contributed by atoms with Gasteiger partial charge in [-0.3, -0.25) is 14.3 Å². The predicted molar refractivity (Wildman–Crippen MR) is 124 cm³/mol. The molecule has 0 spiro atoms. The van der Waals surface area contributed by atoms with Crippen molar-refractivity contribution in [3.63, 3.8) is 0 Å². The summed E-state index contributed by atoms with van der Waals surface area (Å²) in [7, 11) is 1.84. The van der Waals surface area contributed by atoms with E-state index >= 15 is 0 Å². The number of benzene rings is 2. The maximum Gasteiger partial charge on any atom is 0.256 e. The van der Waals surface area contributed by atoms with Crippen molar-refractivity contribution < 1.29 is 9.59 Å². The Bertz CT molecular complexity index is 1340. The SMILES string of the molecule is Cc1nn(C)c2nc(C3CC3)cc(C(=O)Nc3ccccc3NC(=O)c3ccccc3)c12. The minimum absolute atomic E-state index is 0.238. The summed E-state index contributed by atoms with van der Waals surface area (Å²) in [4.78, 5) is 30.8. The van der Waals surface area contributed by atoms with Gasteiger partial charge in [-0.1, -0.05) is 30.3 Å². The fourth-order valence-electron chi connectivity index (χ4n) is 3.91. The molecule has 0 atom stereocenters. The molecule has 0 unspecified atom stereocenters. The molecule has 2 N–H and O–H groups in total. The Hall–Kier alpha value is -4.00. The number of aryl methyl sites for hydroxylation is 2. The Balaban J connectivity index is 1.47. The van der Waals surface area contributed by atoms with Crippen molar-refractivity contribution in [2.75, 3.05) is 10.6 Å². The first-order valence-corrected chi connectivity index (χ1v) is 10.6. The number of rotatable bonds is 5. The van der Waals surface area contributed by atoms with Gasteiger partial charge in [0.05, 0.1) is 28.0 Å². The molecule has 2 amide bonds. The van der Waals surface area contributed by atoms with Gasteiger partial charge in [0.15, 0.2) is 5.65 Å². The van der Waals surface area contributed by atoms with Crippen LogP contribution in [-0.2, 0) is 7.05 Å². The molecular formula is C25H23N5O2. The summed E-state index contributed by atoms with van der Waals surface area (Å²) >= 11 is 0. The molecule has 0 bridgehead atoms. The second kappa shape index (κ2) is 7.92. The first-order valence-electron chi connectivity index (χ1n) is 10.6. The third-order valence-corrected chi connectivity index (χ3v) is 5.69. The standard InChI is InChI=1S/C25H23N5O2/c1-15-22-18(14-21(16-12-13-16)26-23(22)30(2)29-15)25(32)28-20-11-7-6-10-19(20)27-24(31)17-8-4-3-5-9-17/h3-11,14,16H,12-13H2,1-2H3,(H,27,31)(H,28,32). The highest BCUT2D eigenvalue weighted by atomic mass is 16.2. The zero-order valence-corrected chi connectivity index (χ0v) is 17.9. The highest BCUT2D eigenvalue weighted by Gasteiger charge is 2.28. The van der Waals surface area contributed by atoms with Gasteiger partial charge in [0.25, 0.3) is 11.8 Å². The molecule has 5 rings (SSSR count). The van der Waals surface area contributed by atoms with Crippen molar-refractivity contribution in [3.8, 4) is 0 Å². The maximum atomic E-state index is 13.4. The quantitative estimate of drug-likeness (QED) is 0.487. The maximum absolute atomic E-state index is 13.4. The lowest BCUT2D eigenvalue weighted by Gasteiger charge is -2.13. The number of carbonyl (C=O) groups excluding carboxylic acids is 2. The van der Waals surface area contributed by atoms with Crippen LogP contribution in [-0.4, -0.2) is 26.6 Å². The van der Waals surface area contributed by atoms with Gasteiger partial charge in [-0.05, 0) is 50.1 Å². The molecule has 2 heterocycles. The minimum Gasteiger partial charge on any atom is -0.320 e. The summed E-state index contributed by atoms with van der Waals surface area (Å²) < 4.78 is 1.72. The molecule has 7 nitrogen and oxygen atoms in total. The fourth-order valence-corrected chi connectivity index (χ4v) is 3.91. The molecule has 4 aromatic rings. The number of para-hydroxylation sites is 2. The first-order chi connectivity index (χ1) is 15.5. The van der Waals surface area contributed by atoms with Gasteiger partial charge < -0.3 is 10.6 Å². The molecule has 1 aliphatic carbocycles. The molecule has 0 aliphatic heterocycles. The van der Waals surface area contributed by atoms with Crippen LogP contribution in [0.15, 0.2) is 60.7 Å². The Morgan fingerprint density at radius 2 is 1.56 bits per heavy atom. The monoisotopic (exact) mass is 425 g/mol. The Morgan fingerprint density at radius 3 is 2.22 bits per heavy atom. The number of nitrogens with one attached hydrogen (secondary N) is 2. The van der Waals surface area contributed by atoms with Gasteiger partial charge in [0.1, 0.15) is 0 Å². The van der Waals surface area contributed by atoms with Crippen LogP contribution in [0.5, 0.6) is 0 Å². The number of fused-ring (bicyclic) bond motifs is 1. The highest BCUT2D eigenvalue weighted by Crippen LogP contribution is 2.40. The van der Waals surface area contributed by atoms with E-state index in [0.717, 1.165) is 29.6 Å².